The molecule has 192 valence electrons. The molecule has 0 bridgehead atoms. The number of ether oxygens (including phenoxy) is 1. The SMILES string of the molecule is Cc1ccc(F)cc1C1NC(=O)C(Cl)C(c2cc(Cl)ccc2OCCO)C12C(=O)Nc1cc(Cl)ccc12. The molecule has 5 rings (SSSR count). The molecule has 2 aliphatic rings. The van der Waals surface area contributed by atoms with Crippen molar-refractivity contribution in [3.8, 4) is 5.75 Å². The minimum atomic E-state index is -1.53. The van der Waals surface area contributed by atoms with E-state index in [0.29, 0.717) is 43.7 Å². The molecule has 3 aromatic carbocycles. The van der Waals surface area contributed by atoms with Crippen molar-refractivity contribution in [1.82, 2.24) is 5.32 Å². The van der Waals surface area contributed by atoms with Gasteiger partial charge in [0.1, 0.15) is 29.0 Å². The predicted molar refractivity (Wildman–Crippen MR) is 140 cm³/mol. The normalized spacial score (nSPS) is 24.5. The van der Waals surface area contributed by atoms with Crippen LogP contribution in [0.4, 0.5) is 10.1 Å². The summed E-state index contributed by atoms with van der Waals surface area (Å²) in [6.07, 6.45) is 0. The van der Waals surface area contributed by atoms with Crippen LogP contribution < -0.4 is 15.4 Å². The maximum absolute atomic E-state index is 14.6. The van der Waals surface area contributed by atoms with Gasteiger partial charge >= 0.3 is 0 Å². The van der Waals surface area contributed by atoms with Gasteiger partial charge in [-0.25, -0.2) is 4.39 Å². The van der Waals surface area contributed by atoms with Gasteiger partial charge in [-0.3, -0.25) is 9.59 Å². The summed E-state index contributed by atoms with van der Waals surface area (Å²) < 4.78 is 20.4. The van der Waals surface area contributed by atoms with Gasteiger partial charge in [-0.15, -0.1) is 11.6 Å². The smallest absolute Gasteiger partial charge is 0.239 e. The lowest BCUT2D eigenvalue weighted by Gasteiger charge is -2.48. The number of fused-ring (bicyclic) bond motifs is 2. The van der Waals surface area contributed by atoms with Gasteiger partial charge in [0.05, 0.1) is 12.6 Å². The van der Waals surface area contributed by atoms with E-state index in [4.69, 9.17) is 39.5 Å². The number of hydrogen-bond donors (Lipinski definition) is 3. The van der Waals surface area contributed by atoms with Gasteiger partial charge in [0, 0.05) is 27.2 Å². The van der Waals surface area contributed by atoms with E-state index < -0.39 is 40.4 Å². The van der Waals surface area contributed by atoms with Gasteiger partial charge in [0.15, 0.2) is 0 Å². The molecule has 0 saturated carbocycles. The number of halogens is 4. The number of carbonyl (C=O) groups excluding carboxylic acids is 2. The van der Waals surface area contributed by atoms with Gasteiger partial charge in [0.25, 0.3) is 0 Å². The van der Waals surface area contributed by atoms with E-state index in [9.17, 15) is 19.1 Å². The minimum absolute atomic E-state index is 0.0294. The summed E-state index contributed by atoms with van der Waals surface area (Å²) >= 11 is 19.5. The fourth-order valence-electron chi connectivity index (χ4n) is 5.52. The molecular formula is C27H22Cl3FN2O4. The molecule has 1 spiro atoms. The third-order valence-corrected chi connectivity index (χ3v) is 7.96. The molecule has 4 atom stereocenters. The van der Waals surface area contributed by atoms with E-state index in [1.165, 1.54) is 12.1 Å². The molecule has 2 amide bonds. The molecular weight excluding hydrogens is 542 g/mol. The van der Waals surface area contributed by atoms with Crippen LogP contribution >= 0.6 is 34.8 Å². The Morgan fingerprint density at radius 3 is 2.51 bits per heavy atom. The molecule has 2 heterocycles. The van der Waals surface area contributed by atoms with E-state index in [0.717, 1.165) is 0 Å². The fourth-order valence-corrected chi connectivity index (χ4v) is 6.27. The second-order valence-electron chi connectivity index (χ2n) is 9.09. The van der Waals surface area contributed by atoms with Crippen molar-refractivity contribution in [3.05, 3.63) is 92.7 Å². The van der Waals surface area contributed by atoms with E-state index in [1.54, 1.807) is 49.4 Å². The van der Waals surface area contributed by atoms with Gasteiger partial charge in [0.2, 0.25) is 11.8 Å². The Hall–Kier alpha value is -2.84. The van der Waals surface area contributed by atoms with Crippen molar-refractivity contribution in [2.75, 3.05) is 18.5 Å². The first-order chi connectivity index (χ1) is 17.7. The number of aryl methyl sites for hydroxylation is 1. The predicted octanol–water partition coefficient (Wildman–Crippen LogP) is 5.26. The summed E-state index contributed by atoms with van der Waals surface area (Å²) in [5, 5.41) is 14.7. The number of nitrogens with one attached hydrogen (secondary N) is 2. The molecule has 10 heteroatoms. The minimum Gasteiger partial charge on any atom is -0.491 e. The maximum Gasteiger partial charge on any atom is 0.239 e. The Balaban J connectivity index is 1.86. The summed E-state index contributed by atoms with van der Waals surface area (Å²) in [7, 11) is 0. The summed E-state index contributed by atoms with van der Waals surface area (Å²) in [4.78, 5) is 27.6. The average Bonchev–Trinajstić information content (AvgIpc) is 3.13. The van der Waals surface area contributed by atoms with Crippen LogP contribution in [-0.2, 0) is 15.0 Å². The number of rotatable bonds is 5. The molecule has 1 saturated heterocycles. The van der Waals surface area contributed by atoms with E-state index >= 15 is 0 Å². The number of piperidine rings is 1. The molecule has 2 aliphatic heterocycles. The fraction of sp³-hybridized carbons (Fsp3) is 0.259. The highest BCUT2D eigenvalue weighted by Gasteiger charge is 2.64. The second-order valence-corrected chi connectivity index (χ2v) is 10.4. The van der Waals surface area contributed by atoms with Crippen molar-refractivity contribution in [1.29, 1.82) is 0 Å². The van der Waals surface area contributed by atoms with Crippen LogP contribution in [-0.4, -0.2) is 35.5 Å². The second kappa shape index (κ2) is 9.80. The highest BCUT2D eigenvalue weighted by atomic mass is 35.5. The first kappa shape index (κ1) is 25.8. The molecule has 1 fully saturated rings. The van der Waals surface area contributed by atoms with E-state index in [2.05, 4.69) is 10.6 Å². The molecule has 0 aliphatic carbocycles. The molecule has 0 radical (unpaired) electrons. The Kier molecular flexibility index (Phi) is 6.83. The van der Waals surface area contributed by atoms with Gasteiger partial charge < -0.3 is 20.5 Å². The lowest BCUT2D eigenvalue weighted by atomic mass is 9.58. The number of benzene rings is 3. The van der Waals surface area contributed by atoms with Crippen molar-refractivity contribution in [2.45, 2.75) is 29.7 Å². The van der Waals surface area contributed by atoms with Gasteiger partial charge in [-0.05, 0) is 66.1 Å². The van der Waals surface area contributed by atoms with E-state index in [1.807, 2.05) is 0 Å². The van der Waals surface area contributed by atoms with Crippen LogP contribution in [0, 0.1) is 12.7 Å². The zero-order valence-corrected chi connectivity index (χ0v) is 21.8. The highest BCUT2D eigenvalue weighted by Crippen LogP contribution is 2.60. The van der Waals surface area contributed by atoms with Crippen molar-refractivity contribution in [3.63, 3.8) is 0 Å². The van der Waals surface area contributed by atoms with Crippen molar-refractivity contribution < 1.29 is 23.8 Å². The molecule has 3 aromatic rings. The monoisotopic (exact) mass is 562 g/mol. The summed E-state index contributed by atoms with van der Waals surface area (Å²) in [5.74, 6) is -2.17. The summed E-state index contributed by atoms with van der Waals surface area (Å²) in [6.45, 7) is 1.50. The Bertz CT molecular complexity index is 1420. The topological polar surface area (TPSA) is 87.7 Å². The van der Waals surface area contributed by atoms with Crippen LogP contribution in [0.2, 0.25) is 10.0 Å². The Labute approximate surface area is 227 Å². The van der Waals surface area contributed by atoms with Crippen LogP contribution in [0.15, 0.2) is 54.6 Å². The van der Waals surface area contributed by atoms with Gasteiger partial charge in [-0.2, -0.15) is 0 Å². The van der Waals surface area contributed by atoms with Crippen molar-refractivity contribution in [2.24, 2.45) is 0 Å². The number of anilines is 1. The van der Waals surface area contributed by atoms with Crippen LogP contribution in [0.5, 0.6) is 5.75 Å². The first-order valence-corrected chi connectivity index (χ1v) is 12.7. The van der Waals surface area contributed by atoms with Crippen LogP contribution in [0.1, 0.15) is 34.2 Å². The quantitative estimate of drug-likeness (QED) is 0.370. The first-order valence-electron chi connectivity index (χ1n) is 11.5. The van der Waals surface area contributed by atoms with Crippen molar-refractivity contribution >= 4 is 52.3 Å². The number of alkyl halides is 1. The number of aliphatic hydroxyl groups is 1. The number of hydrogen-bond acceptors (Lipinski definition) is 4. The van der Waals surface area contributed by atoms with Crippen LogP contribution in [0.25, 0.3) is 0 Å². The molecule has 4 unspecified atom stereocenters. The standard InChI is InChI=1S/C27H22Cl3FN2O4/c1-13-2-5-16(31)12-17(13)24-27(19-6-3-15(29)11-20(19)32-26(27)36)22(23(30)25(35)33-24)18-10-14(28)4-7-21(18)37-9-8-34/h2-7,10-12,22-24,34H,8-9H2,1H3,(H,32,36)(H,33,35). The van der Waals surface area contributed by atoms with Gasteiger partial charge in [-0.1, -0.05) is 35.3 Å². The number of aliphatic hydroxyl groups excluding tert-OH is 1. The number of amides is 2. The third-order valence-electron chi connectivity index (χ3n) is 7.03. The van der Waals surface area contributed by atoms with E-state index in [-0.39, 0.29) is 13.2 Å². The Morgan fingerprint density at radius 1 is 1.03 bits per heavy atom. The number of carbonyl (C=O) groups is 2. The summed E-state index contributed by atoms with van der Waals surface area (Å²) in [5.41, 5.74) is 0.991. The lowest BCUT2D eigenvalue weighted by molar-refractivity contribution is -0.131. The molecule has 6 nitrogen and oxygen atoms in total. The third kappa shape index (κ3) is 4.14. The maximum atomic E-state index is 14.6. The zero-order valence-electron chi connectivity index (χ0n) is 19.5. The summed E-state index contributed by atoms with van der Waals surface area (Å²) in [6, 6.07) is 13.0. The Morgan fingerprint density at radius 2 is 1.76 bits per heavy atom. The zero-order chi connectivity index (χ0) is 26.5. The van der Waals surface area contributed by atoms with Crippen LogP contribution in [0.3, 0.4) is 0 Å². The highest BCUT2D eigenvalue weighted by molar-refractivity contribution is 6.33. The average molecular weight is 564 g/mol. The molecule has 3 N–H and O–H groups in total. The molecule has 37 heavy (non-hydrogen) atoms. The largest absolute Gasteiger partial charge is 0.491 e. The lowest BCUT2D eigenvalue weighted by Crippen LogP contribution is -2.61. The molecule has 0 aromatic heterocycles.